The second-order valence-corrected chi connectivity index (χ2v) is 11.4. The fourth-order valence-corrected chi connectivity index (χ4v) is 6.54. The van der Waals surface area contributed by atoms with Crippen LogP contribution >= 0.6 is 0 Å². The van der Waals surface area contributed by atoms with Crippen LogP contribution < -0.4 is 0 Å². The molecule has 1 heterocycles. The number of benzene rings is 1. The van der Waals surface area contributed by atoms with Crippen molar-refractivity contribution >= 4 is 0 Å². The zero-order valence-corrected chi connectivity index (χ0v) is 22.0. The Bertz CT molecular complexity index is 738. The molecule has 0 saturated heterocycles. The molecule has 0 unspecified atom stereocenters. The second-order valence-electron chi connectivity index (χ2n) is 11.4. The molecule has 2 heteroatoms. The summed E-state index contributed by atoms with van der Waals surface area (Å²) in [7, 11) is 0. The molecule has 2 aliphatic carbocycles. The Labute approximate surface area is 209 Å². The van der Waals surface area contributed by atoms with Gasteiger partial charge in [0.25, 0.3) is 0 Å². The lowest BCUT2D eigenvalue weighted by molar-refractivity contribution is 0.299. The Morgan fingerprint density at radius 1 is 0.588 bits per heavy atom. The molecule has 0 N–H and O–H groups in total. The van der Waals surface area contributed by atoms with Crippen molar-refractivity contribution in [3.05, 3.63) is 47.7 Å². The van der Waals surface area contributed by atoms with Gasteiger partial charge in [-0.25, -0.2) is 0 Å². The average Bonchev–Trinajstić information content (AvgIpc) is 2.90. The van der Waals surface area contributed by atoms with Crippen molar-refractivity contribution in [2.45, 2.75) is 128 Å². The summed E-state index contributed by atoms with van der Waals surface area (Å²) in [6.45, 7) is 4.61. The van der Waals surface area contributed by atoms with E-state index in [0.717, 1.165) is 23.4 Å². The van der Waals surface area contributed by atoms with Crippen molar-refractivity contribution in [1.29, 1.82) is 0 Å². The van der Waals surface area contributed by atoms with Crippen LogP contribution in [0, 0.1) is 11.8 Å². The molecule has 2 aliphatic rings. The van der Waals surface area contributed by atoms with E-state index in [1.54, 1.807) is 0 Å². The van der Waals surface area contributed by atoms with Crippen LogP contribution in [-0.4, -0.2) is 10.2 Å². The molecule has 1 aromatic heterocycles. The average molecular weight is 461 g/mol. The molecule has 0 aliphatic heterocycles. The van der Waals surface area contributed by atoms with Gasteiger partial charge in [-0.15, -0.1) is 0 Å². The molecule has 2 aromatic rings. The van der Waals surface area contributed by atoms with E-state index in [4.69, 9.17) is 0 Å². The quantitative estimate of drug-likeness (QED) is 0.312. The third-order valence-electron chi connectivity index (χ3n) is 8.91. The fraction of sp³-hybridized carbons (Fsp3) is 0.688. The highest BCUT2D eigenvalue weighted by molar-refractivity contribution is 5.59. The summed E-state index contributed by atoms with van der Waals surface area (Å²) in [5.41, 5.74) is 4.96. The van der Waals surface area contributed by atoms with E-state index in [9.17, 15) is 0 Å². The predicted molar refractivity (Wildman–Crippen MR) is 145 cm³/mol. The molecule has 2 fully saturated rings. The minimum atomic E-state index is 0.614. The molecule has 186 valence electrons. The van der Waals surface area contributed by atoms with Crippen molar-refractivity contribution in [3.8, 4) is 11.3 Å². The predicted octanol–water partition coefficient (Wildman–Crippen LogP) is 9.85. The standard InChI is InChI=1S/C32H48N2/c1-3-5-7-9-25-11-15-27(16-12-25)28-19-21-30(22-20-28)32-24-23-31(33-34-32)29-17-13-26(14-18-29)10-8-6-4-2/h19-27,29H,3-18H2,1-2H3/t25-,26-,27-,29-. The van der Waals surface area contributed by atoms with Crippen LogP contribution in [-0.2, 0) is 0 Å². The fourth-order valence-electron chi connectivity index (χ4n) is 6.54. The van der Waals surface area contributed by atoms with Crippen LogP contribution in [0.25, 0.3) is 11.3 Å². The van der Waals surface area contributed by atoms with Gasteiger partial charge in [0, 0.05) is 11.5 Å². The molecule has 0 amide bonds. The van der Waals surface area contributed by atoms with Crippen molar-refractivity contribution in [2.75, 3.05) is 0 Å². The first-order valence-electron chi connectivity index (χ1n) is 14.7. The molecule has 34 heavy (non-hydrogen) atoms. The van der Waals surface area contributed by atoms with Crippen molar-refractivity contribution in [1.82, 2.24) is 10.2 Å². The molecule has 0 radical (unpaired) electrons. The molecule has 0 atom stereocenters. The normalized spacial score (nSPS) is 25.4. The van der Waals surface area contributed by atoms with Crippen LogP contribution in [0.15, 0.2) is 36.4 Å². The first kappa shape index (κ1) is 25.4. The lowest BCUT2D eigenvalue weighted by Gasteiger charge is -2.29. The van der Waals surface area contributed by atoms with E-state index in [1.165, 1.54) is 120 Å². The first-order chi connectivity index (χ1) is 16.8. The van der Waals surface area contributed by atoms with Gasteiger partial charge in [-0.05, 0) is 86.8 Å². The van der Waals surface area contributed by atoms with Crippen molar-refractivity contribution < 1.29 is 0 Å². The highest BCUT2D eigenvalue weighted by Crippen LogP contribution is 2.39. The van der Waals surface area contributed by atoms with E-state index < -0.39 is 0 Å². The highest BCUT2D eigenvalue weighted by atomic mass is 15.1. The van der Waals surface area contributed by atoms with Crippen molar-refractivity contribution in [3.63, 3.8) is 0 Å². The summed E-state index contributed by atoms with van der Waals surface area (Å²) in [6.07, 6.45) is 22.1. The Morgan fingerprint density at radius 2 is 1.15 bits per heavy atom. The molecule has 2 nitrogen and oxygen atoms in total. The molecular weight excluding hydrogens is 412 g/mol. The zero-order valence-electron chi connectivity index (χ0n) is 22.0. The molecule has 1 aromatic carbocycles. The highest BCUT2D eigenvalue weighted by Gasteiger charge is 2.24. The Balaban J connectivity index is 1.25. The van der Waals surface area contributed by atoms with E-state index in [0.29, 0.717) is 5.92 Å². The largest absolute Gasteiger partial charge is 0.155 e. The second kappa shape index (κ2) is 13.4. The Morgan fingerprint density at radius 3 is 1.65 bits per heavy atom. The van der Waals surface area contributed by atoms with Gasteiger partial charge in [-0.2, -0.15) is 10.2 Å². The first-order valence-corrected chi connectivity index (χ1v) is 14.7. The molecule has 0 spiro atoms. The lowest BCUT2D eigenvalue weighted by Crippen LogP contribution is -2.14. The number of unbranched alkanes of at least 4 members (excludes halogenated alkanes) is 4. The number of hydrogen-bond donors (Lipinski definition) is 0. The third-order valence-corrected chi connectivity index (χ3v) is 8.91. The van der Waals surface area contributed by atoms with Gasteiger partial charge in [0.05, 0.1) is 11.4 Å². The number of rotatable bonds is 11. The zero-order chi connectivity index (χ0) is 23.6. The van der Waals surface area contributed by atoms with Crippen LogP contribution in [0.4, 0.5) is 0 Å². The molecule has 0 bridgehead atoms. The summed E-state index contributed by atoms with van der Waals surface area (Å²) >= 11 is 0. The Kier molecular flexibility index (Phi) is 10.0. The van der Waals surface area contributed by atoms with E-state index in [-0.39, 0.29) is 0 Å². The summed E-state index contributed by atoms with van der Waals surface area (Å²) in [6, 6.07) is 13.7. The summed E-state index contributed by atoms with van der Waals surface area (Å²) in [5.74, 6) is 3.29. The molecule has 2 saturated carbocycles. The van der Waals surface area contributed by atoms with Crippen LogP contribution in [0.5, 0.6) is 0 Å². The van der Waals surface area contributed by atoms with Gasteiger partial charge in [0.2, 0.25) is 0 Å². The summed E-state index contributed by atoms with van der Waals surface area (Å²) in [5, 5.41) is 9.32. The monoisotopic (exact) mass is 460 g/mol. The van der Waals surface area contributed by atoms with Gasteiger partial charge >= 0.3 is 0 Å². The minimum Gasteiger partial charge on any atom is -0.155 e. The Hall–Kier alpha value is -1.70. The maximum absolute atomic E-state index is 4.68. The van der Waals surface area contributed by atoms with Gasteiger partial charge in [0.15, 0.2) is 0 Å². The lowest BCUT2D eigenvalue weighted by atomic mass is 9.77. The summed E-state index contributed by atoms with van der Waals surface area (Å²) in [4.78, 5) is 0. The topological polar surface area (TPSA) is 25.8 Å². The number of nitrogens with zero attached hydrogens (tertiary/aromatic N) is 2. The maximum atomic E-state index is 4.68. The van der Waals surface area contributed by atoms with Crippen molar-refractivity contribution in [2.24, 2.45) is 11.8 Å². The summed E-state index contributed by atoms with van der Waals surface area (Å²) < 4.78 is 0. The van der Waals surface area contributed by atoms with E-state index >= 15 is 0 Å². The van der Waals surface area contributed by atoms with E-state index in [2.05, 4.69) is 60.4 Å². The SMILES string of the molecule is CCCCC[C@H]1CC[C@H](c2ccc(-c3ccc([C@H]4CC[C@H](CCCCC)CC4)nn3)cc2)CC1. The minimum absolute atomic E-state index is 0.614. The maximum Gasteiger partial charge on any atom is 0.0929 e. The smallest absolute Gasteiger partial charge is 0.0929 e. The van der Waals surface area contributed by atoms with Gasteiger partial charge < -0.3 is 0 Å². The van der Waals surface area contributed by atoms with Crippen LogP contribution in [0.1, 0.15) is 140 Å². The molecular formula is C32H48N2. The van der Waals surface area contributed by atoms with Crippen LogP contribution in [0.2, 0.25) is 0 Å². The third kappa shape index (κ3) is 7.15. The van der Waals surface area contributed by atoms with Gasteiger partial charge in [-0.1, -0.05) is 89.5 Å². The number of aromatic nitrogens is 2. The van der Waals surface area contributed by atoms with Crippen LogP contribution in [0.3, 0.4) is 0 Å². The van der Waals surface area contributed by atoms with Gasteiger partial charge in [-0.3, -0.25) is 0 Å². The molecule has 4 rings (SSSR count). The number of hydrogen-bond acceptors (Lipinski definition) is 2. The van der Waals surface area contributed by atoms with E-state index in [1.807, 2.05) is 0 Å². The van der Waals surface area contributed by atoms with Gasteiger partial charge in [0.1, 0.15) is 0 Å².